The normalized spacial score (nSPS) is 10.9. The number of aliphatic carboxylic acids is 1. The fraction of sp³-hybridized carbons (Fsp3) is 0.286. The lowest BCUT2D eigenvalue weighted by Crippen LogP contribution is -2.11. The minimum Gasteiger partial charge on any atom is -0.496 e. The van der Waals surface area contributed by atoms with Crippen molar-refractivity contribution in [3.63, 3.8) is 0 Å². The molecule has 0 aliphatic heterocycles. The molecule has 0 heterocycles. The maximum atomic E-state index is 11.7. The predicted molar refractivity (Wildman–Crippen MR) is 69.9 cm³/mol. The van der Waals surface area contributed by atoms with Crippen molar-refractivity contribution < 1.29 is 24.2 Å². The van der Waals surface area contributed by atoms with Crippen LogP contribution < -0.4 is 4.74 Å². The van der Waals surface area contributed by atoms with Crippen LogP contribution in [0.15, 0.2) is 29.8 Å². The standard InChI is InChI=1S/C14H16O5/c1-3-19-14(17)11(9-13(15)16)8-10-6-4-5-7-12(10)18-2/h4-8H,3,9H2,1-2H3,(H,15,16). The third-order valence-electron chi connectivity index (χ3n) is 2.35. The van der Waals surface area contributed by atoms with Crippen LogP contribution >= 0.6 is 0 Å². The molecule has 102 valence electrons. The molecule has 0 aliphatic carbocycles. The van der Waals surface area contributed by atoms with E-state index < -0.39 is 18.4 Å². The van der Waals surface area contributed by atoms with Gasteiger partial charge in [-0.2, -0.15) is 0 Å². The molecule has 5 heteroatoms. The van der Waals surface area contributed by atoms with Crippen LogP contribution in [0.4, 0.5) is 0 Å². The van der Waals surface area contributed by atoms with Crippen LogP contribution in [0.1, 0.15) is 18.9 Å². The molecule has 0 saturated carbocycles. The van der Waals surface area contributed by atoms with E-state index in [-0.39, 0.29) is 12.2 Å². The molecule has 0 bridgehead atoms. The third-order valence-corrected chi connectivity index (χ3v) is 2.35. The summed E-state index contributed by atoms with van der Waals surface area (Å²) < 4.78 is 9.99. The number of hydrogen-bond acceptors (Lipinski definition) is 4. The monoisotopic (exact) mass is 264 g/mol. The molecule has 19 heavy (non-hydrogen) atoms. The fourth-order valence-corrected chi connectivity index (χ4v) is 1.54. The van der Waals surface area contributed by atoms with Crippen LogP contribution in [-0.4, -0.2) is 30.8 Å². The summed E-state index contributed by atoms with van der Waals surface area (Å²) >= 11 is 0. The zero-order valence-electron chi connectivity index (χ0n) is 10.9. The van der Waals surface area contributed by atoms with Gasteiger partial charge in [-0.05, 0) is 19.1 Å². The van der Waals surface area contributed by atoms with E-state index >= 15 is 0 Å². The maximum Gasteiger partial charge on any atom is 0.334 e. The molecule has 0 aliphatic rings. The van der Waals surface area contributed by atoms with E-state index in [0.717, 1.165) is 0 Å². The summed E-state index contributed by atoms with van der Waals surface area (Å²) in [4.78, 5) is 22.5. The van der Waals surface area contributed by atoms with E-state index in [1.807, 2.05) is 0 Å². The average Bonchev–Trinajstić information content (AvgIpc) is 2.38. The molecule has 0 aromatic heterocycles. The maximum absolute atomic E-state index is 11.7. The Bertz CT molecular complexity index is 490. The van der Waals surface area contributed by atoms with Gasteiger partial charge in [0.05, 0.1) is 20.1 Å². The second-order valence-electron chi connectivity index (χ2n) is 3.70. The molecular formula is C14H16O5. The minimum absolute atomic E-state index is 0.0823. The molecule has 1 aromatic rings. The molecule has 0 saturated heterocycles. The van der Waals surface area contributed by atoms with Crippen molar-refractivity contribution >= 4 is 18.0 Å². The Labute approximate surface area is 111 Å². The molecule has 1 aromatic carbocycles. The Balaban J connectivity index is 3.11. The topological polar surface area (TPSA) is 72.8 Å². The molecule has 0 amide bonds. The van der Waals surface area contributed by atoms with Crippen molar-refractivity contribution in [2.24, 2.45) is 0 Å². The Kier molecular flexibility index (Phi) is 5.60. The van der Waals surface area contributed by atoms with E-state index in [1.165, 1.54) is 13.2 Å². The number of para-hydroxylation sites is 1. The van der Waals surface area contributed by atoms with E-state index in [0.29, 0.717) is 11.3 Å². The van der Waals surface area contributed by atoms with Crippen molar-refractivity contribution in [1.82, 2.24) is 0 Å². The number of ether oxygens (including phenoxy) is 2. The third kappa shape index (κ3) is 4.46. The summed E-state index contributed by atoms with van der Waals surface area (Å²) in [6.07, 6.45) is 1.09. The lowest BCUT2D eigenvalue weighted by molar-refractivity contribution is -0.142. The van der Waals surface area contributed by atoms with Crippen molar-refractivity contribution in [3.8, 4) is 5.75 Å². The number of hydrogen-bond donors (Lipinski definition) is 1. The summed E-state index contributed by atoms with van der Waals surface area (Å²) in [6.45, 7) is 1.86. The molecule has 5 nitrogen and oxygen atoms in total. The highest BCUT2D eigenvalue weighted by Crippen LogP contribution is 2.21. The quantitative estimate of drug-likeness (QED) is 0.629. The van der Waals surface area contributed by atoms with Crippen LogP contribution in [-0.2, 0) is 14.3 Å². The summed E-state index contributed by atoms with van der Waals surface area (Å²) in [5.74, 6) is -1.15. The van der Waals surface area contributed by atoms with Gasteiger partial charge in [-0.15, -0.1) is 0 Å². The first-order valence-electron chi connectivity index (χ1n) is 5.81. The highest BCUT2D eigenvalue weighted by atomic mass is 16.5. The van der Waals surface area contributed by atoms with E-state index in [9.17, 15) is 9.59 Å². The number of carboxylic acid groups (broad SMARTS) is 1. The molecule has 0 atom stereocenters. The predicted octanol–water partition coefficient (Wildman–Crippen LogP) is 2.12. The Morgan fingerprint density at radius 3 is 2.58 bits per heavy atom. The molecular weight excluding hydrogens is 248 g/mol. The number of rotatable bonds is 6. The van der Waals surface area contributed by atoms with Crippen LogP contribution in [0.25, 0.3) is 6.08 Å². The molecule has 0 unspecified atom stereocenters. The van der Waals surface area contributed by atoms with Crippen LogP contribution in [0.3, 0.4) is 0 Å². The fourth-order valence-electron chi connectivity index (χ4n) is 1.54. The van der Waals surface area contributed by atoms with Crippen molar-refractivity contribution in [1.29, 1.82) is 0 Å². The van der Waals surface area contributed by atoms with Crippen LogP contribution in [0, 0.1) is 0 Å². The smallest absolute Gasteiger partial charge is 0.334 e. The summed E-state index contributed by atoms with van der Waals surface area (Å²) in [7, 11) is 1.51. The van der Waals surface area contributed by atoms with Gasteiger partial charge in [0, 0.05) is 11.1 Å². The van der Waals surface area contributed by atoms with Gasteiger partial charge in [-0.1, -0.05) is 18.2 Å². The number of carboxylic acids is 1. The second-order valence-corrected chi connectivity index (χ2v) is 3.70. The highest BCUT2D eigenvalue weighted by Gasteiger charge is 2.15. The average molecular weight is 264 g/mol. The second kappa shape index (κ2) is 7.20. The molecule has 1 rings (SSSR count). The zero-order valence-corrected chi connectivity index (χ0v) is 10.9. The van der Waals surface area contributed by atoms with Gasteiger partial charge in [-0.25, -0.2) is 4.79 Å². The van der Waals surface area contributed by atoms with Gasteiger partial charge in [0.15, 0.2) is 0 Å². The van der Waals surface area contributed by atoms with E-state index in [4.69, 9.17) is 14.6 Å². The number of carbonyl (C=O) groups excluding carboxylic acids is 1. The van der Waals surface area contributed by atoms with Gasteiger partial charge in [-0.3, -0.25) is 4.79 Å². The van der Waals surface area contributed by atoms with Gasteiger partial charge >= 0.3 is 11.9 Å². The molecule has 0 spiro atoms. The number of benzene rings is 1. The Hall–Kier alpha value is -2.30. The largest absolute Gasteiger partial charge is 0.496 e. The van der Waals surface area contributed by atoms with E-state index in [2.05, 4.69) is 0 Å². The molecule has 0 radical (unpaired) electrons. The Morgan fingerprint density at radius 2 is 2.00 bits per heavy atom. The Morgan fingerprint density at radius 1 is 1.32 bits per heavy atom. The zero-order chi connectivity index (χ0) is 14.3. The van der Waals surface area contributed by atoms with Crippen molar-refractivity contribution in [3.05, 3.63) is 35.4 Å². The highest BCUT2D eigenvalue weighted by molar-refractivity contribution is 5.98. The SMILES string of the molecule is CCOC(=O)C(=Cc1ccccc1OC)CC(=O)O. The first-order chi connectivity index (χ1) is 9.08. The number of esters is 1. The lowest BCUT2D eigenvalue weighted by atomic mass is 10.1. The van der Waals surface area contributed by atoms with Crippen LogP contribution in [0.5, 0.6) is 5.75 Å². The summed E-state index contributed by atoms with van der Waals surface area (Å²) in [5, 5.41) is 8.83. The lowest BCUT2D eigenvalue weighted by Gasteiger charge is -2.07. The van der Waals surface area contributed by atoms with E-state index in [1.54, 1.807) is 31.2 Å². The first-order valence-corrected chi connectivity index (χ1v) is 5.81. The molecule has 0 fully saturated rings. The first kappa shape index (κ1) is 14.8. The molecule has 1 N–H and O–H groups in total. The van der Waals surface area contributed by atoms with Crippen LogP contribution in [0.2, 0.25) is 0 Å². The summed E-state index contributed by atoms with van der Waals surface area (Å²) in [5.41, 5.74) is 0.716. The van der Waals surface area contributed by atoms with Gasteiger partial charge < -0.3 is 14.6 Å². The minimum atomic E-state index is -1.09. The van der Waals surface area contributed by atoms with Gasteiger partial charge in [0.25, 0.3) is 0 Å². The summed E-state index contributed by atoms with van der Waals surface area (Å²) in [6, 6.07) is 7.03. The van der Waals surface area contributed by atoms with Crippen molar-refractivity contribution in [2.45, 2.75) is 13.3 Å². The number of methoxy groups -OCH3 is 1. The van der Waals surface area contributed by atoms with Gasteiger partial charge in [0.2, 0.25) is 0 Å². The van der Waals surface area contributed by atoms with Gasteiger partial charge in [0.1, 0.15) is 5.75 Å². The van der Waals surface area contributed by atoms with Crippen molar-refractivity contribution in [2.75, 3.05) is 13.7 Å². The number of carbonyl (C=O) groups is 2.